The molecule has 1 aliphatic carbocycles. The molecule has 0 spiro atoms. The Morgan fingerprint density at radius 1 is 1.35 bits per heavy atom. The summed E-state index contributed by atoms with van der Waals surface area (Å²) in [4.78, 5) is 5.04. The molecule has 1 aliphatic rings. The molecular weight excluding hydrogens is 262 g/mol. The second-order valence-electron chi connectivity index (χ2n) is 5.39. The lowest BCUT2D eigenvalue weighted by Crippen LogP contribution is -2.14. The van der Waals surface area contributed by atoms with E-state index in [-0.39, 0.29) is 5.75 Å². The number of hydrogen-bond donors (Lipinski definition) is 2. The molecule has 3 rings (SSSR count). The molecule has 0 amide bonds. The maximum absolute atomic E-state index is 13.0. The van der Waals surface area contributed by atoms with Crippen molar-refractivity contribution in [3.63, 3.8) is 0 Å². The van der Waals surface area contributed by atoms with E-state index in [1.165, 1.54) is 6.07 Å². The van der Waals surface area contributed by atoms with E-state index in [1.54, 1.807) is 0 Å². The minimum absolute atomic E-state index is 0.00464. The molecule has 0 radical (unpaired) electrons. The van der Waals surface area contributed by atoms with Crippen LogP contribution in [0, 0.1) is 5.82 Å². The molecule has 0 aliphatic heterocycles. The van der Waals surface area contributed by atoms with Gasteiger partial charge in [-0.2, -0.15) is 0 Å². The first-order chi connectivity index (χ1) is 9.47. The van der Waals surface area contributed by atoms with Crippen LogP contribution in [0.3, 0.4) is 0 Å². The predicted octanol–water partition coefficient (Wildman–Crippen LogP) is 3.24. The molecular formula is C15H20F2N2O. The van der Waals surface area contributed by atoms with Crippen molar-refractivity contribution in [2.45, 2.75) is 25.4 Å². The first kappa shape index (κ1) is 14.8. The van der Waals surface area contributed by atoms with Crippen molar-refractivity contribution in [2.24, 2.45) is 0 Å². The van der Waals surface area contributed by atoms with Crippen molar-refractivity contribution in [3.8, 4) is 5.75 Å². The number of phenolic OH excluding ortho intramolecular Hbond substituents is 1. The van der Waals surface area contributed by atoms with Crippen molar-refractivity contribution < 1.29 is 13.9 Å². The smallest absolute Gasteiger partial charge is 0.129 e. The van der Waals surface area contributed by atoms with E-state index >= 15 is 0 Å². The number of H-pyrrole nitrogens is 1. The Labute approximate surface area is 117 Å². The summed E-state index contributed by atoms with van der Waals surface area (Å²) in [6.07, 6.45) is 3.87. The summed E-state index contributed by atoms with van der Waals surface area (Å²) in [7, 11) is 3.99. The molecule has 1 saturated carbocycles. The number of hydrogen-bond acceptors (Lipinski definition) is 2. The lowest BCUT2D eigenvalue weighted by atomic mass is 10.1. The molecule has 0 bridgehead atoms. The SMILES string of the molecule is CN(C)CCc1c[nH]c2cc(F)cc(O)c12.FC1CC1. The number of phenols is 1. The van der Waals surface area contributed by atoms with Gasteiger partial charge in [-0.1, -0.05) is 0 Å². The fourth-order valence-corrected chi connectivity index (χ4v) is 1.89. The van der Waals surface area contributed by atoms with Gasteiger partial charge in [0.2, 0.25) is 0 Å². The molecule has 0 saturated heterocycles. The van der Waals surface area contributed by atoms with Gasteiger partial charge in [0.1, 0.15) is 17.7 Å². The van der Waals surface area contributed by atoms with E-state index in [9.17, 15) is 13.9 Å². The van der Waals surface area contributed by atoms with Crippen molar-refractivity contribution >= 4 is 10.9 Å². The Kier molecular flexibility index (Phi) is 4.60. The Bertz CT molecular complexity index is 577. The van der Waals surface area contributed by atoms with Crippen LogP contribution in [0.25, 0.3) is 10.9 Å². The highest BCUT2D eigenvalue weighted by Gasteiger charge is 2.18. The van der Waals surface area contributed by atoms with Crippen LogP contribution < -0.4 is 0 Å². The summed E-state index contributed by atoms with van der Waals surface area (Å²) in [5.74, 6) is -0.420. The third-order valence-corrected chi connectivity index (χ3v) is 3.14. The fraction of sp³-hybridized carbons (Fsp3) is 0.467. The molecule has 110 valence electrons. The molecule has 0 atom stereocenters. The summed E-state index contributed by atoms with van der Waals surface area (Å²) >= 11 is 0. The van der Waals surface area contributed by atoms with Crippen LogP contribution >= 0.6 is 0 Å². The largest absolute Gasteiger partial charge is 0.507 e. The Morgan fingerprint density at radius 3 is 2.55 bits per heavy atom. The number of aromatic hydroxyl groups is 1. The zero-order valence-corrected chi connectivity index (χ0v) is 11.8. The summed E-state index contributed by atoms with van der Waals surface area (Å²) < 4.78 is 24.1. The van der Waals surface area contributed by atoms with Crippen LogP contribution in [0.2, 0.25) is 0 Å². The van der Waals surface area contributed by atoms with Crippen LogP contribution in [-0.2, 0) is 6.42 Å². The van der Waals surface area contributed by atoms with E-state index in [4.69, 9.17) is 0 Å². The van der Waals surface area contributed by atoms with Crippen molar-refractivity contribution in [2.75, 3.05) is 20.6 Å². The number of rotatable bonds is 3. The van der Waals surface area contributed by atoms with E-state index in [2.05, 4.69) is 9.88 Å². The zero-order chi connectivity index (χ0) is 14.7. The normalized spacial score (nSPS) is 14.4. The first-order valence-corrected chi connectivity index (χ1v) is 6.74. The number of nitrogens with one attached hydrogen (secondary N) is 1. The fourth-order valence-electron chi connectivity index (χ4n) is 1.89. The molecule has 5 heteroatoms. The Hall–Kier alpha value is -1.62. The first-order valence-electron chi connectivity index (χ1n) is 6.74. The molecule has 3 nitrogen and oxygen atoms in total. The van der Waals surface area contributed by atoms with Gasteiger partial charge in [-0.25, -0.2) is 8.78 Å². The summed E-state index contributed by atoms with van der Waals surface area (Å²) in [6, 6.07) is 2.55. The minimum atomic E-state index is -0.425. The van der Waals surface area contributed by atoms with E-state index < -0.39 is 12.0 Å². The summed E-state index contributed by atoms with van der Waals surface area (Å²) in [5, 5.41) is 10.4. The molecule has 2 N–H and O–H groups in total. The topological polar surface area (TPSA) is 39.3 Å². The highest BCUT2D eigenvalue weighted by molar-refractivity contribution is 5.89. The number of fused-ring (bicyclic) bond motifs is 1. The zero-order valence-electron chi connectivity index (χ0n) is 11.8. The van der Waals surface area contributed by atoms with Crippen molar-refractivity contribution in [1.82, 2.24) is 9.88 Å². The van der Waals surface area contributed by atoms with Crippen molar-refractivity contribution in [3.05, 3.63) is 29.7 Å². The van der Waals surface area contributed by atoms with E-state index in [0.717, 1.165) is 42.8 Å². The van der Waals surface area contributed by atoms with Gasteiger partial charge < -0.3 is 15.0 Å². The number of aromatic amines is 1. The lowest BCUT2D eigenvalue weighted by Gasteiger charge is -2.08. The highest BCUT2D eigenvalue weighted by Crippen LogP contribution is 2.29. The molecule has 1 heterocycles. The summed E-state index contributed by atoms with van der Waals surface area (Å²) in [6.45, 7) is 0.893. The average molecular weight is 282 g/mol. The maximum Gasteiger partial charge on any atom is 0.129 e. The van der Waals surface area contributed by atoms with Crippen LogP contribution in [0.5, 0.6) is 5.75 Å². The molecule has 1 fully saturated rings. The van der Waals surface area contributed by atoms with Gasteiger partial charge in [0.25, 0.3) is 0 Å². The van der Waals surface area contributed by atoms with Gasteiger partial charge in [0.05, 0.1) is 5.52 Å². The molecule has 2 aromatic rings. The number of alkyl halides is 1. The van der Waals surface area contributed by atoms with Crippen molar-refractivity contribution in [1.29, 1.82) is 0 Å². The van der Waals surface area contributed by atoms with Gasteiger partial charge >= 0.3 is 0 Å². The Morgan fingerprint density at radius 2 is 2.00 bits per heavy atom. The number of halogens is 2. The summed E-state index contributed by atoms with van der Waals surface area (Å²) in [5.41, 5.74) is 1.66. The van der Waals surface area contributed by atoms with E-state index in [1.807, 2.05) is 20.3 Å². The maximum atomic E-state index is 13.0. The van der Waals surface area contributed by atoms with E-state index in [0.29, 0.717) is 5.52 Å². The van der Waals surface area contributed by atoms with Gasteiger partial charge in [0.15, 0.2) is 0 Å². The lowest BCUT2D eigenvalue weighted by molar-refractivity contribution is 0.414. The monoisotopic (exact) mass is 282 g/mol. The van der Waals surface area contributed by atoms with Gasteiger partial charge in [0, 0.05) is 24.2 Å². The van der Waals surface area contributed by atoms with Crippen LogP contribution in [0.4, 0.5) is 8.78 Å². The minimum Gasteiger partial charge on any atom is -0.507 e. The number of benzene rings is 1. The Balaban J connectivity index is 0.000000315. The second kappa shape index (κ2) is 6.22. The number of aromatic nitrogens is 1. The average Bonchev–Trinajstić information content (AvgIpc) is 3.03. The predicted molar refractivity (Wildman–Crippen MR) is 76.3 cm³/mol. The molecule has 1 aromatic carbocycles. The molecule has 0 unspecified atom stereocenters. The third kappa shape index (κ3) is 3.93. The third-order valence-electron chi connectivity index (χ3n) is 3.14. The van der Waals surface area contributed by atoms with Gasteiger partial charge in [-0.15, -0.1) is 0 Å². The standard InChI is InChI=1S/C12H15FN2O.C3H5F/c1-15(2)4-3-8-7-14-10-5-9(13)6-11(16)12(8)10;4-3-1-2-3/h5-7,14,16H,3-4H2,1-2H3;3H,1-2H2. The van der Waals surface area contributed by atoms with Gasteiger partial charge in [-0.3, -0.25) is 0 Å². The van der Waals surface area contributed by atoms with Crippen LogP contribution in [-0.4, -0.2) is 41.8 Å². The van der Waals surface area contributed by atoms with Gasteiger partial charge in [-0.05, 0) is 45.0 Å². The van der Waals surface area contributed by atoms with Crippen LogP contribution in [0.15, 0.2) is 18.3 Å². The molecule has 1 aromatic heterocycles. The van der Waals surface area contributed by atoms with Crippen LogP contribution in [0.1, 0.15) is 18.4 Å². The quantitative estimate of drug-likeness (QED) is 0.907. The number of likely N-dealkylation sites (N-methyl/N-ethyl adjacent to an activating group) is 1. The number of nitrogens with zero attached hydrogens (tertiary/aromatic N) is 1. The second-order valence-corrected chi connectivity index (χ2v) is 5.39. The molecule has 20 heavy (non-hydrogen) atoms. The highest BCUT2D eigenvalue weighted by atomic mass is 19.1.